The van der Waals surface area contributed by atoms with E-state index in [0.717, 1.165) is 15.4 Å². The zero-order chi connectivity index (χ0) is 11.0. The number of hydrogen-bond donors (Lipinski definition) is 1. The van der Waals surface area contributed by atoms with Crippen molar-refractivity contribution in [3.05, 3.63) is 53.1 Å². The van der Waals surface area contributed by atoms with Gasteiger partial charge in [0, 0.05) is 9.86 Å². The summed E-state index contributed by atoms with van der Waals surface area (Å²) in [6, 6.07) is 14.6. The minimum absolute atomic E-state index is 1.07. The summed E-state index contributed by atoms with van der Waals surface area (Å²) in [6.45, 7) is 0. The van der Waals surface area contributed by atoms with Gasteiger partial charge in [-0.2, -0.15) is 5.10 Å². The Morgan fingerprint density at radius 3 is 2.50 bits per heavy atom. The molecule has 0 bridgehead atoms. The molecule has 0 saturated carbocycles. The van der Waals surface area contributed by atoms with Crippen molar-refractivity contribution in [3.8, 4) is 11.1 Å². The van der Waals surface area contributed by atoms with Crippen molar-refractivity contribution in [3.63, 3.8) is 0 Å². The summed E-state index contributed by atoms with van der Waals surface area (Å²) >= 11 is 3.44. The molecule has 3 heteroatoms. The number of H-pyrrole nitrogens is 1. The van der Waals surface area contributed by atoms with Gasteiger partial charge in [-0.1, -0.05) is 34.1 Å². The molecule has 0 atom stereocenters. The third-order valence-corrected chi connectivity index (χ3v) is 3.15. The van der Waals surface area contributed by atoms with Gasteiger partial charge in [0.05, 0.1) is 11.7 Å². The number of rotatable bonds is 1. The van der Waals surface area contributed by atoms with Crippen molar-refractivity contribution < 1.29 is 0 Å². The van der Waals surface area contributed by atoms with Crippen LogP contribution in [0.1, 0.15) is 0 Å². The molecular weight excluding hydrogens is 264 g/mol. The molecule has 2 aromatic carbocycles. The van der Waals surface area contributed by atoms with Crippen molar-refractivity contribution >= 4 is 26.8 Å². The first-order chi connectivity index (χ1) is 7.83. The molecule has 3 rings (SSSR count). The minimum Gasteiger partial charge on any atom is -0.278 e. The summed E-state index contributed by atoms with van der Waals surface area (Å²) in [5.74, 6) is 0. The minimum atomic E-state index is 1.07. The predicted molar refractivity (Wildman–Crippen MR) is 69.2 cm³/mol. The van der Waals surface area contributed by atoms with Crippen LogP contribution in [-0.4, -0.2) is 10.2 Å². The quantitative estimate of drug-likeness (QED) is 0.713. The first-order valence-electron chi connectivity index (χ1n) is 5.02. The third kappa shape index (κ3) is 1.63. The highest BCUT2D eigenvalue weighted by Gasteiger charge is 2.00. The first-order valence-corrected chi connectivity index (χ1v) is 5.81. The van der Waals surface area contributed by atoms with Gasteiger partial charge in [-0.05, 0) is 35.4 Å². The highest BCUT2D eigenvalue weighted by molar-refractivity contribution is 9.10. The summed E-state index contributed by atoms with van der Waals surface area (Å²) in [6.07, 6.45) is 1.84. The van der Waals surface area contributed by atoms with Gasteiger partial charge in [0.25, 0.3) is 0 Å². The Hall–Kier alpha value is -1.61. The van der Waals surface area contributed by atoms with E-state index >= 15 is 0 Å². The van der Waals surface area contributed by atoms with E-state index in [9.17, 15) is 0 Å². The van der Waals surface area contributed by atoms with E-state index in [1.54, 1.807) is 0 Å². The fourth-order valence-corrected chi connectivity index (χ4v) is 2.03. The van der Waals surface area contributed by atoms with Crippen molar-refractivity contribution in [2.75, 3.05) is 0 Å². The maximum Gasteiger partial charge on any atom is 0.0650 e. The van der Waals surface area contributed by atoms with E-state index in [0.29, 0.717) is 0 Å². The summed E-state index contributed by atoms with van der Waals surface area (Å²) < 4.78 is 1.10. The van der Waals surface area contributed by atoms with Gasteiger partial charge in [-0.25, -0.2) is 0 Å². The number of nitrogens with zero attached hydrogens (tertiary/aromatic N) is 1. The molecule has 16 heavy (non-hydrogen) atoms. The molecule has 78 valence electrons. The van der Waals surface area contributed by atoms with Gasteiger partial charge in [0.2, 0.25) is 0 Å². The largest absolute Gasteiger partial charge is 0.278 e. The maximum absolute atomic E-state index is 4.02. The Morgan fingerprint density at radius 1 is 0.938 bits per heavy atom. The number of hydrogen-bond acceptors (Lipinski definition) is 1. The third-order valence-electron chi connectivity index (χ3n) is 2.62. The molecule has 3 aromatic rings. The smallest absolute Gasteiger partial charge is 0.0650 e. The molecule has 1 N–H and O–H groups in total. The summed E-state index contributed by atoms with van der Waals surface area (Å²) in [5.41, 5.74) is 3.49. The second-order valence-electron chi connectivity index (χ2n) is 3.68. The maximum atomic E-state index is 4.02. The number of aromatic amines is 1. The van der Waals surface area contributed by atoms with Crippen molar-refractivity contribution in [1.29, 1.82) is 0 Å². The second kappa shape index (κ2) is 3.76. The number of benzene rings is 2. The van der Waals surface area contributed by atoms with E-state index in [2.05, 4.69) is 68.6 Å². The molecule has 0 aliphatic carbocycles. The van der Waals surface area contributed by atoms with Crippen molar-refractivity contribution in [2.45, 2.75) is 0 Å². The molecule has 0 radical (unpaired) electrons. The summed E-state index contributed by atoms with van der Waals surface area (Å²) in [5, 5.41) is 8.11. The van der Waals surface area contributed by atoms with Crippen LogP contribution in [0, 0.1) is 0 Å². The Labute approximate surface area is 101 Å². The number of aromatic nitrogens is 2. The first kappa shape index (κ1) is 9.60. The zero-order valence-corrected chi connectivity index (χ0v) is 10.0. The highest BCUT2D eigenvalue weighted by Crippen LogP contribution is 2.24. The van der Waals surface area contributed by atoms with E-state index in [-0.39, 0.29) is 0 Å². The predicted octanol–water partition coefficient (Wildman–Crippen LogP) is 3.99. The number of fused-ring (bicyclic) bond motifs is 1. The molecule has 0 spiro atoms. The van der Waals surface area contributed by atoms with Crippen LogP contribution in [0.4, 0.5) is 0 Å². The van der Waals surface area contributed by atoms with Crippen LogP contribution < -0.4 is 0 Å². The van der Waals surface area contributed by atoms with Crippen LogP contribution in [0.5, 0.6) is 0 Å². The molecule has 0 unspecified atom stereocenters. The molecule has 1 heterocycles. The topological polar surface area (TPSA) is 28.7 Å². The lowest BCUT2D eigenvalue weighted by atomic mass is 10.0. The van der Waals surface area contributed by atoms with Gasteiger partial charge in [0.15, 0.2) is 0 Å². The van der Waals surface area contributed by atoms with Crippen LogP contribution in [0.2, 0.25) is 0 Å². The Bertz CT molecular complexity index is 626. The Morgan fingerprint density at radius 2 is 1.69 bits per heavy atom. The lowest BCUT2D eigenvalue weighted by Crippen LogP contribution is -1.77. The van der Waals surface area contributed by atoms with Gasteiger partial charge >= 0.3 is 0 Å². The van der Waals surface area contributed by atoms with Crippen LogP contribution in [0.3, 0.4) is 0 Å². The van der Waals surface area contributed by atoms with Crippen LogP contribution in [0.15, 0.2) is 53.1 Å². The number of halogens is 1. The Balaban J connectivity index is 2.14. The van der Waals surface area contributed by atoms with Crippen LogP contribution in [0.25, 0.3) is 22.0 Å². The molecule has 2 nitrogen and oxygen atoms in total. The van der Waals surface area contributed by atoms with Gasteiger partial charge in [-0.15, -0.1) is 0 Å². The summed E-state index contributed by atoms with van der Waals surface area (Å²) in [4.78, 5) is 0. The average Bonchev–Trinajstić information content (AvgIpc) is 2.77. The normalized spacial score (nSPS) is 10.8. The average molecular weight is 273 g/mol. The van der Waals surface area contributed by atoms with E-state index in [1.807, 2.05) is 6.20 Å². The molecule has 0 fully saturated rings. The highest BCUT2D eigenvalue weighted by atomic mass is 79.9. The van der Waals surface area contributed by atoms with E-state index in [1.165, 1.54) is 11.1 Å². The van der Waals surface area contributed by atoms with Crippen molar-refractivity contribution in [1.82, 2.24) is 10.2 Å². The van der Waals surface area contributed by atoms with E-state index in [4.69, 9.17) is 0 Å². The van der Waals surface area contributed by atoms with Gasteiger partial charge in [0.1, 0.15) is 0 Å². The standard InChI is InChI=1S/C13H9BrN2/c14-12-4-1-9(2-5-12)10-3-6-13-11(7-10)8-15-16-13/h1-8H,(H,15,16). The monoisotopic (exact) mass is 272 g/mol. The van der Waals surface area contributed by atoms with Crippen LogP contribution >= 0.6 is 15.9 Å². The molecular formula is C13H9BrN2. The lowest BCUT2D eigenvalue weighted by Gasteiger charge is -2.01. The second-order valence-corrected chi connectivity index (χ2v) is 4.59. The molecule has 0 aliphatic rings. The van der Waals surface area contributed by atoms with Gasteiger partial charge < -0.3 is 0 Å². The van der Waals surface area contributed by atoms with E-state index < -0.39 is 0 Å². The molecule has 1 aromatic heterocycles. The molecule has 0 aliphatic heterocycles. The lowest BCUT2D eigenvalue weighted by molar-refractivity contribution is 1.12. The van der Waals surface area contributed by atoms with Gasteiger partial charge in [-0.3, -0.25) is 5.10 Å². The number of nitrogens with one attached hydrogen (secondary N) is 1. The SMILES string of the molecule is Brc1ccc(-c2ccc3[nH]ncc3c2)cc1. The Kier molecular flexibility index (Phi) is 2.26. The molecule has 0 amide bonds. The van der Waals surface area contributed by atoms with Crippen molar-refractivity contribution in [2.24, 2.45) is 0 Å². The van der Waals surface area contributed by atoms with Crippen LogP contribution in [-0.2, 0) is 0 Å². The fourth-order valence-electron chi connectivity index (χ4n) is 1.76. The molecule has 0 saturated heterocycles. The summed E-state index contributed by atoms with van der Waals surface area (Å²) in [7, 11) is 0. The fraction of sp³-hybridized carbons (Fsp3) is 0. The zero-order valence-electron chi connectivity index (χ0n) is 8.44.